The number of ether oxygens (including phenoxy) is 1. The van der Waals surface area contributed by atoms with E-state index in [-0.39, 0.29) is 11.5 Å². The minimum absolute atomic E-state index is 0.0428. The van der Waals surface area contributed by atoms with E-state index in [4.69, 9.17) is 4.74 Å². The largest absolute Gasteiger partial charge is 0.381 e. The fourth-order valence-electron chi connectivity index (χ4n) is 4.71. The third-order valence-electron chi connectivity index (χ3n) is 6.17. The van der Waals surface area contributed by atoms with E-state index < -0.39 is 10.0 Å². The molecule has 0 bridgehead atoms. The van der Waals surface area contributed by atoms with Crippen LogP contribution in [0.15, 0.2) is 71.9 Å². The molecule has 144 valence electrons. The number of sulfonamides is 1. The molecule has 2 aromatic carbocycles. The lowest BCUT2D eigenvalue weighted by Gasteiger charge is -2.58. The van der Waals surface area contributed by atoms with Crippen molar-refractivity contribution in [3.8, 4) is 0 Å². The monoisotopic (exact) mass is 394 g/mol. The molecule has 0 aliphatic carbocycles. The summed E-state index contributed by atoms with van der Waals surface area (Å²) in [4.78, 5) is 4.48. The number of aromatic nitrogens is 1. The maximum atomic E-state index is 13.7. The smallest absolute Gasteiger partial charge is 0.244 e. The Morgan fingerprint density at radius 1 is 1.00 bits per heavy atom. The zero-order valence-electron chi connectivity index (χ0n) is 15.5. The van der Waals surface area contributed by atoms with Gasteiger partial charge in [-0.25, -0.2) is 8.42 Å². The first-order valence-electron chi connectivity index (χ1n) is 9.59. The number of hydrogen-bond donors (Lipinski definition) is 0. The molecule has 1 aromatic heterocycles. The van der Waals surface area contributed by atoms with Crippen molar-refractivity contribution in [2.45, 2.75) is 23.8 Å². The number of nitrogens with zero attached hydrogens (tertiary/aromatic N) is 2. The van der Waals surface area contributed by atoms with Crippen molar-refractivity contribution in [2.24, 2.45) is 5.41 Å². The molecule has 6 heteroatoms. The van der Waals surface area contributed by atoms with E-state index in [1.54, 1.807) is 34.9 Å². The fraction of sp³-hybridized carbons (Fsp3) is 0.318. The third-order valence-corrected chi connectivity index (χ3v) is 8.04. The Labute approximate surface area is 165 Å². The first kappa shape index (κ1) is 17.8. The summed E-state index contributed by atoms with van der Waals surface area (Å²) in [5.74, 6) is 0. The van der Waals surface area contributed by atoms with Crippen LogP contribution in [0.1, 0.15) is 24.4 Å². The molecule has 5 nitrogen and oxygen atoms in total. The fourth-order valence-corrected chi connectivity index (χ4v) is 6.73. The molecule has 0 N–H and O–H groups in total. The number of pyridine rings is 1. The van der Waals surface area contributed by atoms with Gasteiger partial charge in [-0.2, -0.15) is 4.31 Å². The van der Waals surface area contributed by atoms with Crippen molar-refractivity contribution in [3.05, 3.63) is 72.6 Å². The highest BCUT2D eigenvalue weighted by molar-refractivity contribution is 7.89. The number of hydrogen-bond acceptors (Lipinski definition) is 4. The minimum atomic E-state index is -3.64. The van der Waals surface area contributed by atoms with Gasteiger partial charge in [0.2, 0.25) is 10.0 Å². The third kappa shape index (κ3) is 2.67. The van der Waals surface area contributed by atoms with Gasteiger partial charge in [0.25, 0.3) is 0 Å². The zero-order chi connectivity index (χ0) is 19.2. The van der Waals surface area contributed by atoms with Crippen LogP contribution < -0.4 is 0 Å². The summed E-state index contributed by atoms with van der Waals surface area (Å²) < 4.78 is 34.7. The molecule has 2 aliphatic heterocycles. The van der Waals surface area contributed by atoms with Crippen molar-refractivity contribution in [1.82, 2.24) is 9.29 Å². The van der Waals surface area contributed by atoms with Crippen LogP contribution in [0.3, 0.4) is 0 Å². The summed E-state index contributed by atoms with van der Waals surface area (Å²) in [5.41, 5.74) is 1.01. The van der Waals surface area contributed by atoms with Gasteiger partial charge in [-0.1, -0.05) is 42.5 Å². The first-order chi connectivity index (χ1) is 13.6. The molecular formula is C22H22N2O3S. The van der Waals surface area contributed by atoms with E-state index in [0.717, 1.165) is 29.2 Å². The maximum absolute atomic E-state index is 13.7. The first-order valence-corrected chi connectivity index (χ1v) is 11.0. The Morgan fingerprint density at radius 3 is 2.57 bits per heavy atom. The molecule has 1 atom stereocenters. The van der Waals surface area contributed by atoms with Gasteiger partial charge in [0.1, 0.15) is 0 Å². The average molecular weight is 394 g/mol. The summed E-state index contributed by atoms with van der Waals surface area (Å²) >= 11 is 0. The van der Waals surface area contributed by atoms with E-state index in [1.165, 1.54) is 0 Å². The second-order valence-electron chi connectivity index (χ2n) is 7.69. The van der Waals surface area contributed by atoms with Crippen LogP contribution in [0.25, 0.3) is 10.8 Å². The van der Waals surface area contributed by atoms with Gasteiger partial charge >= 0.3 is 0 Å². The lowest BCUT2D eigenvalue weighted by molar-refractivity contribution is -0.0952. The molecular weight excluding hydrogens is 372 g/mol. The molecule has 3 aromatic rings. The highest BCUT2D eigenvalue weighted by Crippen LogP contribution is 2.56. The molecule has 2 aliphatic rings. The van der Waals surface area contributed by atoms with Crippen LogP contribution in [-0.2, 0) is 14.8 Å². The van der Waals surface area contributed by atoms with Crippen LogP contribution in [0, 0.1) is 5.41 Å². The van der Waals surface area contributed by atoms with E-state index in [2.05, 4.69) is 4.98 Å². The molecule has 0 saturated carbocycles. The Bertz CT molecular complexity index is 1100. The average Bonchev–Trinajstić information content (AvgIpc) is 2.73. The summed E-state index contributed by atoms with van der Waals surface area (Å²) in [6, 6.07) is 17.0. The van der Waals surface area contributed by atoms with Crippen molar-refractivity contribution < 1.29 is 13.2 Å². The number of benzene rings is 2. The van der Waals surface area contributed by atoms with Crippen LogP contribution >= 0.6 is 0 Å². The van der Waals surface area contributed by atoms with Crippen molar-refractivity contribution in [2.75, 3.05) is 19.8 Å². The van der Waals surface area contributed by atoms with E-state index in [1.807, 2.05) is 36.4 Å². The Balaban J connectivity index is 1.61. The highest BCUT2D eigenvalue weighted by Gasteiger charge is 2.57. The molecule has 2 fully saturated rings. The molecule has 28 heavy (non-hydrogen) atoms. The van der Waals surface area contributed by atoms with Gasteiger partial charge in [-0.15, -0.1) is 0 Å². The minimum Gasteiger partial charge on any atom is -0.381 e. The Kier molecular flexibility index (Phi) is 4.23. The standard InChI is InChI=1S/C22H22N2O3S/c25-28(26,20-8-4-7-18-15-23-12-9-19(18)20)24-16-22(10-13-27-14-11-22)21(24)17-5-2-1-3-6-17/h1-9,12,15,21H,10-11,13-14,16H2. The molecule has 1 spiro atoms. The summed E-state index contributed by atoms with van der Waals surface area (Å²) in [6.07, 6.45) is 5.13. The zero-order valence-corrected chi connectivity index (χ0v) is 16.3. The normalized spacial score (nSPS) is 22.2. The SMILES string of the molecule is O=S(=O)(c1cccc2cnccc12)N1CC2(CCOCC2)C1c1ccccc1. The van der Waals surface area contributed by atoms with Crippen LogP contribution in [0.4, 0.5) is 0 Å². The summed E-state index contributed by atoms with van der Waals surface area (Å²) in [6.45, 7) is 1.92. The van der Waals surface area contributed by atoms with Crippen LogP contribution in [0.2, 0.25) is 0 Å². The highest BCUT2D eigenvalue weighted by atomic mass is 32.2. The van der Waals surface area contributed by atoms with Gasteiger partial charge in [-0.3, -0.25) is 4.98 Å². The molecule has 0 amide bonds. The maximum Gasteiger partial charge on any atom is 0.244 e. The molecule has 1 unspecified atom stereocenters. The van der Waals surface area contributed by atoms with Gasteiger partial charge in [0, 0.05) is 48.3 Å². The lowest BCUT2D eigenvalue weighted by Crippen LogP contribution is -2.62. The van der Waals surface area contributed by atoms with E-state index in [9.17, 15) is 8.42 Å². The second-order valence-corrected chi connectivity index (χ2v) is 9.55. The topological polar surface area (TPSA) is 59.5 Å². The van der Waals surface area contributed by atoms with Gasteiger partial charge in [0.05, 0.1) is 10.9 Å². The van der Waals surface area contributed by atoms with Gasteiger partial charge < -0.3 is 4.74 Å². The molecule has 5 rings (SSSR count). The van der Waals surface area contributed by atoms with Crippen molar-refractivity contribution in [1.29, 1.82) is 0 Å². The molecule has 2 saturated heterocycles. The quantitative estimate of drug-likeness (QED) is 0.678. The van der Waals surface area contributed by atoms with E-state index in [0.29, 0.717) is 24.7 Å². The predicted octanol–water partition coefficient (Wildman–Crippen LogP) is 3.78. The van der Waals surface area contributed by atoms with E-state index >= 15 is 0 Å². The summed E-state index contributed by atoms with van der Waals surface area (Å²) in [7, 11) is -3.64. The van der Waals surface area contributed by atoms with Crippen LogP contribution in [-0.4, -0.2) is 37.5 Å². The lowest BCUT2D eigenvalue weighted by atomic mass is 9.65. The van der Waals surface area contributed by atoms with Crippen molar-refractivity contribution >= 4 is 20.8 Å². The van der Waals surface area contributed by atoms with Crippen molar-refractivity contribution in [3.63, 3.8) is 0 Å². The van der Waals surface area contributed by atoms with Crippen LogP contribution in [0.5, 0.6) is 0 Å². The summed E-state index contributed by atoms with van der Waals surface area (Å²) in [5, 5.41) is 1.55. The second kappa shape index (κ2) is 6.65. The molecule has 0 radical (unpaired) electrons. The van der Waals surface area contributed by atoms with Gasteiger partial charge in [-0.05, 0) is 30.5 Å². The predicted molar refractivity (Wildman–Crippen MR) is 107 cm³/mol. The Hall–Kier alpha value is -2.28. The number of fused-ring (bicyclic) bond motifs is 1. The Morgan fingerprint density at radius 2 is 1.79 bits per heavy atom. The molecule has 3 heterocycles. The number of rotatable bonds is 3. The van der Waals surface area contributed by atoms with Gasteiger partial charge in [0.15, 0.2) is 0 Å².